The largest absolute Gasteiger partial charge is 0.468 e. The molecule has 0 aliphatic heterocycles. The molecule has 0 aromatic carbocycles. The SMILES string of the molecule is COC(=O)C(Br)C(O)(O)C(C)C. The molecule has 0 heterocycles. The third kappa shape index (κ3) is 2.43. The number of halogens is 1. The van der Waals surface area contributed by atoms with E-state index in [1.54, 1.807) is 13.8 Å². The first-order valence-corrected chi connectivity index (χ1v) is 4.42. The van der Waals surface area contributed by atoms with Crippen LogP contribution in [0.1, 0.15) is 13.8 Å². The highest BCUT2D eigenvalue weighted by molar-refractivity contribution is 9.10. The number of carbonyl (C=O) groups is 1. The van der Waals surface area contributed by atoms with Crippen molar-refractivity contribution < 1.29 is 19.7 Å². The summed E-state index contributed by atoms with van der Waals surface area (Å²) in [6, 6.07) is 0. The summed E-state index contributed by atoms with van der Waals surface area (Å²) in [5.41, 5.74) is 0. The minimum Gasteiger partial charge on any atom is -0.468 e. The Morgan fingerprint density at radius 2 is 1.92 bits per heavy atom. The van der Waals surface area contributed by atoms with E-state index in [0.29, 0.717) is 0 Å². The zero-order valence-electron chi connectivity index (χ0n) is 7.24. The molecule has 0 amide bonds. The molecule has 2 N–H and O–H groups in total. The molecule has 1 atom stereocenters. The lowest BCUT2D eigenvalue weighted by molar-refractivity contribution is -0.199. The molecular weight excluding hydrogens is 228 g/mol. The summed E-state index contributed by atoms with van der Waals surface area (Å²) in [5.74, 6) is -3.23. The lowest BCUT2D eigenvalue weighted by Gasteiger charge is -2.28. The van der Waals surface area contributed by atoms with Gasteiger partial charge < -0.3 is 14.9 Å². The highest BCUT2D eigenvalue weighted by Gasteiger charge is 2.41. The van der Waals surface area contributed by atoms with Crippen LogP contribution < -0.4 is 0 Å². The molecule has 0 bridgehead atoms. The molecule has 4 nitrogen and oxygen atoms in total. The number of ether oxygens (including phenoxy) is 1. The number of esters is 1. The van der Waals surface area contributed by atoms with Crippen LogP contribution in [0.25, 0.3) is 0 Å². The van der Waals surface area contributed by atoms with Crippen molar-refractivity contribution in [1.82, 2.24) is 0 Å². The van der Waals surface area contributed by atoms with Gasteiger partial charge in [-0.2, -0.15) is 0 Å². The van der Waals surface area contributed by atoms with Gasteiger partial charge in [0.15, 0.2) is 10.6 Å². The maximum Gasteiger partial charge on any atom is 0.325 e. The molecule has 0 aliphatic rings. The highest BCUT2D eigenvalue weighted by Crippen LogP contribution is 2.24. The fourth-order valence-electron chi connectivity index (χ4n) is 0.570. The van der Waals surface area contributed by atoms with E-state index in [9.17, 15) is 15.0 Å². The molecule has 0 fully saturated rings. The van der Waals surface area contributed by atoms with Crippen LogP contribution in [0.3, 0.4) is 0 Å². The fraction of sp³-hybridized carbons (Fsp3) is 0.857. The second kappa shape index (κ2) is 4.20. The van der Waals surface area contributed by atoms with Crippen LogP contribution in [0.4, 0.5) is 0 Å². The zero-order chi connectivity index (χ0) is 9.94. The highest BCUT2D eigenvalue weighted by atomic mass is 79.9. The standard InChI is InChI=1S/C7H13BrO4/c1-4(2)7(10,11)5(8)6(9)12-3/h4-5,10-11H,1-3H3. The van der Waals surface area contributed by atoms with E-state index < -0.39 is 22.5 Å². The van der Waals surface area contributed by atoms with Crippen molar-refractivity contribution in [2.24, 2.45) is 5.92 Å². The van der Waals surface area contributed by atoms with Crippen molar-refractivity contribution in [2.45, 2.75) is 24.5 Å². The van der Waals surface area contributed by atoms with Crippen molar-refractivity contribution in [3.8, 4) is 0 Å². The first-order valence-electron chi connectivity index (χ1n) is 3.50. The molecule has 0 rings (SSSR count). The lowest BCUT2D eigenvalue weighted by atomic mass is 10.00. The van der Waals surface area contributed by atoms with Crippen LogP contribution in [-0.2, 0) is 9.53 Å². The second-order valence-electron chi connectivity index (χ2n) is 2.82. The van der Waals surface area contributed by atoms with Crippen molar-refractivity contribution >= 4 is 21.9 Å². The summed E-state index contributed by atoms with van der Waals surface area (Å²) in [6.45, 7) is 3.19. The van der Waals surface area contributed by atoms with Gasteiger partial charge >= 0.3 is 5.97 Å². The van der Waals surface area contributed by atoms with Gasteiger partial charge in [0.2, 0.25) is 0 Å². The van der Waals surface area contributed by atoms with Gasteiger partial charge in [0, 0.05) is 5.92 Å². The molecule has 0 saturated heterocycles. The minimum absolute atomic E-state index is 0.457. The number of rotatable bonds is 3. The molecule has 0 saturated carbocycles. The molecule has 0 radical (unpaired) electrons. The zero-order valence-corrected chi connectivity index (χ0v) is 8.83. The van der Waals surface area contributed by atoms with Crippen molar-refractivity contribution in [1.29, 1.82) is 0 Å². The van der Waals surface area contributed by atoms with Crippen LogP contribution >= 0.6 is 15.9 Å². The van der Waals surface area contributed by atoms with Gasteiger partial charge in [-0.1, -0.05) is 29.8 Å². The topological polar surface area (TPSA) is 66.8 Å². The Bertz CT molecular complexity index is 167. The molecule has 12 heavy (non-hydrogen) atoms. The fourth-order valence-corrected chi connectivity index (χ4v) is 1.29. The lowest BCUT2D eigenvalue weighted by Crippen LogP contribution is -2.48. The Morgan fingerprint density at radius 3 is 2.17 bits per heavy atom. The third-order valence-electron chi connectivity index (χ3n) is 1.63. The summed E-state index contributed by atoms with van der Waals surface area (Å²) in [7, 11) is 1.19. The summed E-state index contributed by atoms with van der Waals surface area (Å²) in [4.78, 5) is 9.76. The molecule has 0 aliphatic carbocycles. The third-order valence-corrected chi connectivity index (χ3v) is 2.68. The van der Waals surface area contributed by atoms with Gasteiger partial charge in [-0.05, 0) is 0 Å². The van der Waals surface area contributed by atoms with Crippen LogP contribution in [-0.4, -0.2) is 33.9 Å². The predicted octanol–water partition coefficient (Wildman–Crippen LogP) is 0.260. The van der Waals surface area contributed by atoms with Crippen molar-refractivity contribution in [3.63, 3.8) is 0 Å². The van der Waals surface area contributed by atoms with Gasteiger partial charge in [-0.3, -0.25) is 4.79 Å². The van der Waals surface area contributed by atoms with E-state index >= 15 is 0 Å². The summed E-state index contributed by atoms with van der Waals surface area (Å²) < 4.78 is 4.34. The van der Waals surface area contributed by atoms with E-state index in [1.807, 2.05) is 0 Å². The number of hydrogen-bond donors (Lipinski definition) is 2. The van der Waals surface area contributed by atoms with Crippen molar-refractivity contribution in [3.05, 3.63) is 0 Å². The summed E-state index contributed by atoms with van der Waals surface area (Å²) in [6.07, 6.45) is 0. The molecule has 1 unspecified atom stereocenters. The normalized spacial score (nSPS) is 14.6. The molecule has 0 spiro atoms. The smallest absolute Gasteiger partial charge is 0.325 e. The number of alkyl halides is 1. The maximum atomic E-state index is 10.9. The van der Waals surface area contributed by atoms with Gasteiger partial charge in [0.25, 0.3) is 0 Å². The van der Waals surface area contributed by atoms with Crippen molar-refractivity contribution in [2.75, 3.05) is 7.11 Å². The number of hydrogen-bond acceptors (Lipinski definition) is 4. The van der Waals surface area contributed by atoms with Gasteiger partial charge in [-0.15, -0.1) is 0 Å². The molecule has 5 heteroatoms. The number of aliphatic hydroxyl groups is 2. The van der Waals surface area contributed by atoms with E-state index in [1.165, 1.54) is 7.11 Å². The summed E-state index contributed by atoms with van der Waals surface area (Å²) in [5, 5.41) is 18.7. The Kier molecular flexibility index (Phi) is 4.16. The van der Waals surface area contributed by atoms with Crippen LogP contribution in [0.2, 0.25) is 0 Å². The van der Waals surface area contributed by atoms with E-state index in [2.05, 4.69) is 20.7 Å². The number of methoxy groups -OCH3 is 1. The Labute approximate surface area is 79.7 Å². The first kappa shape index (κ1) is 11.9. The van der Waals surface area contributed by atoms with E-state index in [-0.39, 0.29) is 0 Å². The van der Waals surface area contributed by atoms with Crippen LogP contribution in [0, 0.1) is 5.92 Å². The average molecular weight is 241 g/mol. The quantitative estimate of drug-likeness (QED) is 0.422. The van der Waals surface area contributed by atoms with Gasteiger partial charge in [0.05, 0.1) is 7.11 Å². The first-order chi connectivity index (χ1) is 5.34. The molecule has 0 aromatic heterocycles. The molecule has 72 valence electrons. The minimum atomic E-state index is -2.08. The summed E-state index contributed by atoms with van der Waals surface area (Å²) >= 11 is 2.85. The van der Waals surface area contributed by atoms with Gasteiger partial charge in [-0.25, -0.2) is 0 Å². The Balaban J connectivity index is 4.45. The monoisotopic (exact) mass is 240 g/mol. The second-order valence-corrected chi connectivity index (χ2v) is 3.74. The van der Waals surface area contributed by atoms with E-state index in [0.717, 1.165) is 0 Å². The predicted molar refractivity (Wildman–Crippen MR) is 46.7 cm³/mol. The van der Waals surface area contributed by atoms with E-state index in [4.69, 9.17) is 0 Å². The molecule has 0 aromatic rings. The van der Waals surface area contributed by atoms with Crippen LogP contribution in [0.15, 0.2) is 0 Å². The Hall–Kier alpha value is -0.130. The Morgan fingerprint density at radius 1 is 1.50 bits per heavy atom. The average Bonchev–Trinajstić information content (AvgIpc) is 2.01. The molecular formula is C7H13BrO4. The van der Waals surface area contributed by atoms with Gasteiger partial charge in [0.1, 0.15) is 0 Å². The van der Waals surface area contributed by atoms with Crippen LogP contribution in [0.5, 0.6) is 0 Å². The maximum absolute atomic E-state index is 10.9. The number of carbonyl (C=O) groups excluding carboxylic acids is 1.